The number of aliphatic imine (C=N–C) groups is 1. The maximum Gasteiger partial charge on any atom is 0.436 e. The fourth-order valence-electron chi connectivity index (χ4n) is 3.62. The number of anilines is 1. The molecule has 0 bridgehead atoms. The van der Waals surface area contributed by atoms with Gasteiger partial charge in [0, 0.05) is 23.5 Å². The first kappa shape index (κ1) is 29.5. The van der Waals surface area contributed by atoms with Gasteiger partial charge in [-0.1, -0.05) is 38.1 Å². The van der Waals surface area contributed by atoms with Crippen molar-refractivity contribution in [3.8, 4) is 0 Å². The number of hydrogen-bond acceptors (Lipinski definition) is 10. The number of nitrogens with two attached hydrogens (primary N) is 2. The molecule has 0 spiro atoms. The van der Waals surface area contributed by atoms with E-state index in [1.807, 2.05) is 17.9 Å². The zero-order valence-electron chi connectivity index (χ0n) is 22.1. The van der Waals surface area contributed by atoms with Crippen molar-refractivity contribution in [1.29, 1.82) is 0 Å². The number of ether oxygens (including phenoxy) is 2. The minimum Gasteiger partial charge on any atom is -0.465 e. The van der Waals surface area contributed by atoms with Crippen LogP contribution in [0.4, 0.5) is 15.1 Å². The van der Waals surface area contributed by atoms with E-state index in [1.54, 1.807) is 19.9 Å². The highest BCUT2D eigenvalue weighted by Crippen LogP contribution is 2.36. The molecule has 1 saturated heterocycles. The van der Waals surface area contributed by atoms with Gasteiger partial charge in [-0.3, -0.25) is 4.79 Å². The van der Waals surface area contributed by atoms with Crippen LogP contribution in [0, 0.1) is 23.7 Å². The molecule has 1 aromatic rings. The fourth-order valence-corrected chi connectivity index (χ4v) is 3.62. The Hall–Kier alpha value is -4.07. The third-order valence-electron chi connectivity index (χ3n) is 6.06. The number of aliphatic hydroxyl groups is 1. The molecule has 0 radical (unpaired) electrons. The van der Waals surface area contributed by atoms with Crippen LogP contribution in [-0.4, -0.2) is 78.3 Å². The first-order chi connectivity index (χ1) is 18.6. The van der Waals surface area contributed by atoms with Gasteiger partial charge in [0.05, 0.1) is 49.8 Å². The van der Waals surface area contributed by atoms with Crippen LogP contribution < -0.4 is 16.4 Å². The minimum atomic E-state index is -0.984. The van der Waals surface area contributed by atoms with E-state index in [2.05, 4.69) is 20.1 Å². The number of aliphatic hydroxyl groups excluding tert-OH is 1. The summed E-state index contributed by atoms with van der Waals surface area (Å²) in [4.78, 5) is 42.3. The number of esters is 1. The summed E-state index contributed by atoms with van der Waals surface area (Å²) in [5, 5.41) is 13.5. The number of halogens is 1. The standard InChI is InChI=1S/C25H34FN7O6/c1-14(2)22(35)37-11-16(10-34)12-39-32-18-8-33(9-18)24-29-6-17(7-30-24)19-5-4-15(3)20(21(19)26)13-38-25(36)31-23(27)28/h4-7,14-16,20,34H,8-13H2,1-3H3,(H4,27,28,31,36). The largest absolute Gasteiger partial charge is 0.465 e. The second-order valence-electron chi connectivity index (χ2n) is 9.61. The number of carbonyl (C=O) groups is 2. The van der Waals surface area contributed by atoms with E-state index in [1.165, 1.54) is 12.4 Å². The van der Waals surface area contributed by atoms with Gasteiger partial charge in [-0.2, -0.15) is 0 Å². The summed E-state index contributed by atoms with van der Waals surface area (Å²) in [6.07, 6.45) is 5.54. The second-order valence-corrected chi connectivity index (χ2v) is 9.61. The predicted molar refractivity (Wildman–Crippen MR) is 141 cm³/mol. The van der Waals surface area contributed by atoms with E-state index in [0.717, 1.165) is 5.71 Å². The Labute approximate surface area is 225 Å². The van der Waals surface area contributed by atoms with Crippen molar-refractivity contribution in [2.24, 2.45) is 45.3 Å². The van der Waals surface area contributed by atoms with Crippen LogP contribution in [-0.2, 0) is 19.1 Å². The molecular weight excluding hydrogens is 513 g/mol. The van der Waals surface area contributed by atoms with Crippen LogP contribution in [0.2, 0.25) is 0 Å². The molecule has 3 rings (SSSR count). The lowest BCUT2D eigenvalue weighted by Crippen LogP contribution is -2.48. The smallest absolute Gasteiger partial charge is 0.436 e. The molecule has 39 heavy (non-hydrogen) atoms. The van der Waals surface area contributed by atoms with Crippen molar-refractivity contribution in [3.05, 3.63) is 35.9 Å². The molecule has 1 aromatic heterocycles. The highest BCUT2D eigenvalue weighted by Gasteiger charge is 2.29. The summed E-state index contributed by atoms with van der Waals surface area (Å²) in [6, 6.07) is 0. The zero-order valence-corrected chi connectivity index (χ0v) is 22.1. The number of oxime groups is 1. The molecule has 13 nitrogen and oxygen atoms in total. The molecule has 2 heterocycles. The Morgan fingerprint density at radius 3 is 2.51 bits per heavy atom. The third-order valence-corrected chi connectivity index (χ3v) is 6.06. The molecule has 2 aliphatic rings. The molecule has 1 amide bonds. The minimum absolute atomic E-state index is 0.0552. The summed E-state index contributed by atoms with van der Waals surface area (Å²) in [7, 11) is 0. The van der Waals surface area contributed by atoms with Crippen molar-refractivity contribution in [2.75, 3.05) is 44.4 Å². The highest BCUT2D eigenvalue weighted by molar-refractivity contribution is 5.98. The Morgan fingerprint density at radius 2 is 1.90 bits per heavy atom. The van der Waals surface area contributed by atoms with Gasteiger partial charge in [-0.05, 0) is 5.92 Å². The van der Waals surface area contributed by atoms with Gasteiger partial charge in [0.1, 0.15) is 19.0 Å². The molecule has 5 N–H and O–H groups in total. The van der Waals surface area contributed by atoms with Crippen molar-refractivity contribution in [1.82, 2.24) is 9.97 Å². The predicted octanol–water partition coefficient (Wildman–Crippen LogP) is 1.39. The maximum absolute atomic E-state index is 15.3. The Kier molecular flexibility index (Phi) is 10.3. The van der Waals surface area contributed by atoms with E-state index in [0.29, 0.717) is 30.2 Å². The molecule has 0 saturated carbocycles. The van der Waals surface area contributed by atoms with Gasteiger partial charge < -0.3 is 35.8 Å². The average molecular weight is 548 g/mol. The van der Waals surface area contributed by atoms with Crippen LogP contribution >= 0.6 is 0 Å². The number of rotatable bonds is 11. The second kappa shape index (κ2) is 13.6. The Balaban J connectivity index is 1.52. The number of nitrogens with zero attached hydrogens (tertiary/aromatic N) is 5. The van der Waals surface area contributed by atoms with Crippen LogP contribution in [0.1, 0.15) is 26.3 Å². The molecule has 1 aliphatic carbocycles. The van der Waals surface area contributed by atoms with Crippen LogP contribution in [0.25, 0.3) is 5.57 Å². The van der Waals surface area contributed by atoms with Gasteiger partial charge in [0.2, 0.25) is 5.95 Å². The highest BCUT2D eigenvalue weighted by atomic mass is 19.1. The summed E-state index contributed by atoms with van der Waals surface area (Å²) >= 11 is 0. The summed E-state index contributed by atoms with van der Waals surface area (Å²) < 4.78 is 25.4. The molecule has 212 valence electrons. The van der Waals surface area contributed by atoms with Crippen LogP contribution in [0.3, 0.4) is 0 Å². The molecule has 3 atom stereocenters. The normalized spacial score (nSPS) is 19.3. The molecule has 0 aromatic carbocycles. The van der Waals surface area contributed by atoms with Gasteiger partial charge in [0.15, 0.2) is 5.96 Å². The lowest BCUT2D eigenvalue weighted by atomic mass is 9.85. The maximum atomic E-state index is 15.3. The van der Waals surface area contributed by atoms with E-state index >= 15 is 4.39 Å². The van der Waals surface area contributed by atoms with E-state index < -0.39 is 23.8 Å². The van der Waals surface area contributed by atoms with E-state index in [-0.39, 0.29) is 50.2 Å². The fraction of sp³-hybridized carbons (Fsp3) is 0.520. The quantitative estimate of drug-likeness (QED) is 0.157. The lowest BCUT2D eigenvalue weighted by Gasteiger charge is -2.32. The number of carbonyl (C=O) groups excluding carboxylic acids is 2. The lowest BCUT2D eigenvalue weighted by molar-refractivity contribution is -0.149. The first-order valence-corrected chi connectivity index (χ1v) is 12.5. The Morgan fingerprint density at radius 1 is 1.21 bits per heavy atom. The number of hydrogen-bond donors (Lipinski definition) is 3. The zero-order chi connectivity index (χ0) is 28.5. The van der Waals surface area contributed by atoms with Crippen molar-refractivity contribution < 1.29 is 33.4 Å². The van der Waals surface area contributed by atoms with Gasteiger partial charge >= 0.3 is 12.1 Å². The number of amides is 1. The van der Waals surface area contributed by atoms with Crippen molar-refractivity contribution >= 4 is 35.3 Å². The molecule has 14 heteroatoms. The molecule has 3 unspecified atom stereocenters. The number of guanidine groups is 1. The van der Waals surface area contributed by atoms with Gasteiger partial charge in [0.25, 0.3) is 0 Å². The summed E-state index contributed by atoms with van der Waals surface area (Å²) in [5.74, 6) is -2.31. The third kappa shape index (κ3) is 8.21. The Bertz CT molecular complexity index is 1140. The first-order valence-electron chi connectivity index (χ1n) is 12.5. The molecule has 1 fully saturated rings. The van der Waals surface area contributed by atoms with Crippen molar-refractivity contribution in [3.63, 3.8) is 0 Å². The van der Waals surface area contributed by atoms with Crippen LogP contribution in [0.15, 0.2) is 40.5 Å². The molecule has 1 aliphatic heterocycles. The topological polar surface area (TPSA) is 188 Å². The van der Waals surface area contributed by atoms with E-state index in [4.69, 9.17) is 25.8 Å². The van der Waals surface area contributed by atoms with E-state index in [9.17, 15) is 14.7 Å². The number of aromatic nitrogens is 2. The van der Waals surface area contributed by atoms with Gasteiger partial charge in [-0.15, -0.1) is 4.99 Å². The summed E-state index contributed by atoms with van der Waals surface area (Å²) in [6.45, 7) is 5.91. The SMILES string of the molecule is CC(C)C(=O)OCC(CO)CON=C1CN(c2ncc(C3=C(F)C(COC(=O)N=C(N)N)C(C)C=C3)cn2)C1. The number of allylic oxidation sites excluding steroid dienone is 3. The van der Waals surface area contributed by atoms with Crippen molar-refractivity contribution in [2.45, 2.75) is 20.8 Å². The molecular formula is C25H34FN7O6. The van der Waals surface area contributed by atoms with Gasteiger partial charge in [-0.25, -0.2) is 19.2 Å². The summed E-state index contributed by atoms with van der Waals surface area (Å²) in [5.41, 5.74) is 11.8. The monoisotopic (exact) mass is 547 g/mol. The average Bonchev–Trinajstić information content (AvgIpc) is 2.86. The van der Waals surface area contributed by atoms with Crippen LogP contribution in [0.5, 0.6) is 0 Å².